The molecule has 1 fully saturated rings. The van der Waals surface area contributed by atoms with Crippen LogP contribution < -0.4 is 10.6 Å². The number of nitrogens with zero attached hydrogens (tertiary/aromatic N) is 1. The highest BCUT2D eigenvalue weighted by molar-refractivity contribution is 5.93. The van der Waals surface area contributed by atoms with Gasteiger partial charge < -0.3 is 15.4 Å². The van der Waals surface area contributed by atoms with Crippen LogP contribution in [0.4, 0.5) is 5.69 Å². The van der Waals surface area contributed by atoms with Crippen molar-refractivity contribution in [2.75, 3.05) is 19.5 Å². The Bertz CT molecular complexity index is 422. The fourth-order valence-corrected chi connectivity index (χ4v) is 2.25. The fraction of sp³-hybridized carbons (Fsp3) is 0.538. The van der Waals surface area contributed by atoms with Gasteiger partial charge in [-0.25, -0.2) is 0 Å². The summed E-state index contributed by atoms with van der Waals surface area (Å²) in [5.74, 6) is -0.117. The van der Waals surface area contributed by atoms with Gasteiger partial charge in [0, 0.05) is 32.1 Å². The van der Waals surface area contributed by atoms with Gasteiger partial charge in [-0.2, -0.15) is 0 Å². The molecule has 0 saturated heterocycles. The quantitative estimate of drug-likeness (QED) is 0.847. The molecule has 1 aromatic heterocycles. The Hall–Kier alpha value is -1.62. The molecule has 1 aromatic rings. The topological polar surface area (TPSA) is 63.2 Å². The number of pyridine rings is 1. The van der Waals surface area contributed by atoms with Crippen molar-refractivity contribution in [2.45, 2.75) is 31.4 Å². The third kappa shape index (κ3) is 2.98. The van der Waals surface area contributed by atoms with Gasteiger partial charge in [-0.3, -0.25) is 9.78 Å². The first kappa shape index (κ1) is 12.8. The second-order valence-electron chi connectivity index (χ2n) is 4.52. The minimum Gasteiger partial charge on any atom is -0.388 e. The summed E-state index contributed by atoms with van der Waals surface area (Å²) in [5, 5.41) is 5.99. The van der Waals surface area contributed by atoms with Crippen molar-refractivity contribution in [1.82, 2.24) is 10.3 Å². The molecule has 1 heterocycles. The van der Waals surface area contributed by atoms with Crippen molar-refractivity contribution < 1.29 is 9.53 Å². The third-order valence-corrected chi connectivity index (χ3v) is 3.33. The van der Waals surface area contributed by atoms with Gasteiger partial charge in [-0.15, -0.1) is 0 Å². The van der Waals surface area contributed by atoms with Crippen LogP contribution in [0.25, 0.3) is 0 Å². The predicted molar refractivity (Wildman–Crippen MR) is 69.7 cm³/mol. The van der Waals surface area contributed by atoms with Gasteiger partial charge in [0.25, 0.3) is 5.91 Å². The summed E-state index contributed by atoms with van der Waals surface area (Å²) in [7, 11) is 3.53. The van der Waals surface area contributed by atoms with Gasteiger partial charge in [0.2, 0.25) is 0 Å². The number of nitrogens with one attached hydrogen (secondary N) is 2. The molecule has 98 valence electrons. The summed E-state index contributed by atoms with van der Waals surface area (Å²) >= 11 is 0. The molecule has 0 spiro atoms. The maximum atomic E-state index is 12.0. The van der Waals surface area contributed by atoms with E-state index < -0.39 is 0 Å². The van der Waals surface area contributed by atoms with E-state index in [1.807, 2.05) is 13.1 Å². The minimum absolute atomic E-state index is 0.117. The first-order valence-corrected chi connectivity index (χ1v) is 6.20. The molecule has 1 aliphatic rings. The van der Waals surface area contributed by atoms with Crippen molar-refractivity contribution in [3.8, 4) is 0 Å². The van der Waals surface area contributed by atoms with Gasteiger partial charge >= 0.3 is 0 Å². The van der Waals surface area contributed by atoms with Crippen LogP contribution in [0.2, 0.25) is 0 Å². The summed E-state index contributed by atoms with van der Waals surface area (Å²) in [6, 6.07) is 3.77. The molecule has 0 aromatic carbocycles. The zero-order valence-electron chi connectivity index (χ0n) is 10.8. The first-order valence-electron chi connectivity index (χ1n) is 6.20. The molecule has 18 heavy (non-hydrogen) atoms. The van der Waals surface area contributed by atoms with Gasteiger partial charge in [0.1, 0.15) is 5.69 Å². The van der Waals surface area contributed by atoms with Crippen molar-refractivity contribution in [3.05, 3.63) is 24.0 Å². The van der Waals surface area contributed by atoms with Crippen LogP contribution in [0.3, 0.4) is 0 Å². The summed E-state index contributed by atoms with van der Waals surface area (Å²) in [5.41, 5.74) is 1.33. The number of anilines is 1. The normalized spacial score (nSPS) is 22.8. The average molecular weight is 249 g/mol. The van der Waals surface area contributed by atoms with E-state index in [2.05, 4.69) is 15.6 Å². The summed E-state index contributed by atoms with van der Waals surface area (Å²) < 4.78 is 5.29. The van der Waals surface area contributed by atoms with Crippen LogP contribution in [0.5, 0.6) is 0 Å². The van der Waals surface area contributed by atoms with E-state index in [9.17, 15) is 4.79 Å². The molecular weight excluding hydrogens is 230 g/mol. The number of hydrogen-bond acceptors (Lipinski definition) is 4. The highest BCUT2D eigenvalue weighted by Crippen LogP contribution is 2.21. The van der Waals surface area contributed by atoms with Crippen LogP contribution in [0, 0.1) is 0 Å². The van der Waals surface area contributed by atoms with Crippen LogP contribution in [-0.4, -0.2) is 37.2 Å². The van der Waals surface area contributed by atoms with Crippen molar-refractivity contribution >= 4 is 11.6 Å². The molecule has 1 amide bonds. The summed E-state index contributed by atoms with van der Waals surface area (Å²) in [6.45, 7) is 0. The molecule has 0 bridgehead atoms. The zero-order chi connectivity index (χ0) is 13.0. The van der Waals surface area contributed by atoms with E-state index >= 15 is 0 Å². The smallest absolute Gasteiger partial charge is 0.270 e. The van der Waals surface area contributed by atoms with E-state index in [1.165, 1.54) is 0 Å². The Morgan fingerprint density at radius 1 is 1.50 bits per heavy atom. The van der Waals surface area contributed by atoms with E-state index in [1.54, 1.807) is 19.4 Å². The van der Waals surface area contributed by atoms with Crippen LogP contribution >= 0.6 is 0 Å². The zero-order valence-corrected chi connectivity index (χ0v) is 10.8. The monoisotopic (exact) mass is 249 g/mol. The Kier molecular flexibility index (Phi) is 4.15. The van der Waals surface area contributed by atoms with Crippen molar-refractivity contribution in [1.29, 1.82) is 0 Å². The highest BCUT2D eigenvalue weighted by Gasteiger charge is 2.26. The summed E-state index contributed by atoms with van der Waals surface area (Å²) in [6.07, 6.45) is 4.76. The maximum Gasteiger partial charge on any atom is 0.270 e. The summed E-state index contributed by atoms with van der Waals surface area (Å²) in [4.78, 5) is 16.1. The first-order chi connectivity index (χ1) is 8.72. The molecule has 1 saturated carbocycles. The van der Waals surface area contributed by atoms with Crippen LogP contribution in [0.15, 0.2) is 18.3 Å². The van der Waals surface area contributed by atoms with E-state index in [-0.39, 0.29) is 18.1 Å². The number of carbonyl (C=O) groups is 1. The maximum absolute atomic E-state index is 12.0. The molecule has 5 nitrogen and oxygen atoms in total. The molecule has 2 rings (SSSR count). The van der Waals surface area contributed by atoms with E-state index in [0.29, 0.717) is 5.69 Å². The Balaban J connectivity index is 1.95. The number of rotatable bonds is 4. The Labute approximate surface area is 107 Å². The number of aromatic nitrogens is 1. The molecular formula is C13H19N3O2. The Morgan fingerprint density at radius 3 is 3.00 bits per heavy atom. The lowest BCUT2D eigenvalue weighted by Gasteiger charge is -2.12. The van der Waals surface area contributed by atoms with Gasteiger partial charge in [-0.1, -0.05) is 0 Å². The largest absolute Gasteiger partial charge is 0.388 e. The minimum atomic E-state index is -0.117. The average Bonchev–Trinajstić information content (AvgIpc) is 2.86. The molecule has 2 unspecified atom stereocenters. The SMILES string of the molecule is CNc1ccnc(C(=O)NC2CCC(OC)C2)c1. The lowest BCUT2D eigenvalue weighted by Crippen LogP contribution is -2.33. The van der Waals surface area contributed by atoms with Crippen molar-refractivity contribution in [2.24, 2.45) is 0 Å². The molecule has 1 aliphatic carbocycles. The van der Waals surface area contributed by atoms with Crippen molar-refractivity contribution in [3.63, 3.8) is 0 Å². The number of carbonyl (C=O) groups excluding carboxylic acids is 1. The molecule has 2 N–H and O–H groups in total. The fourth-order valence-electron chi connectivity index (χ4n) is 2.25. The molecule has 0 radical (unpaired) electrons. The lowest BCUT2D eigenvalue weighted by atomic mass is 10.2. The van der Waals surface area contributed by atoms with Gasteiger partial charge in [0.05, 0.1) is 6.10 Å². The highest BCUT2D eigenvalue weighted by atomic mass is 16.5. The second kappa shape index (κ2) is 5.82. The van der Waals surface area contributed by atoms with Crippen LogP contribution in [-0.2, 0) is 4.74 Å². The van der Waals surface area contributed by atoms with E-state index in [0.717, 1.165) is 24.9 Å². The van der Waals surface area contributed by atoms with Gasteiger partial charge in [0.15, 0.2) is 0 Å². The predicted octanol–water partition coefficient (Wildman–Crippen LogP) is 1.42. The molecule has 2 atom stereocenters. The molecule has 5 heteroatoms. The van der Waals surface area contributed by atoms with E-state index in [4.69, 9.17) is 4.74 Å². The Morgan fingerprint density at radius 2 is 2.33 bits per heavy atom. The number of hydrogen-bond donors (Lipinski definition) is 2. The number of ether oxygens (including phenoxy) is 1. The molecule has 0 aliphatic heterocycles. The number of amides is 1. The lowest BCUT2D eigenvalue weighted by molar-refractivity contribution is 0.0910. The third-order valence-electron chi connectivity index (χ3n) is 3.33. The second-order valence-corrected chi connectivity index (χ2v) is 4.52. The van der Waals surface area contributed by atoms with Gasteiger partial charge in [-0.05, 0) is 31.4 Å². The van der Waals surface area contributed by atoms with Crippen LogP contribution in [0.1, 0.15) is 29.8 Å². The standard InChI is InChI=1S/C13H19N3O2/c1-14-9-5-6-15-12(8-9)13(17)16-10-3-4-11(7-10)18-2/h5-6,8,10-11H,3-4,7H2,1-2H3,(H,14,15)(H,16,17). The number of methoxy groups -OCH3 is 1.